The van der Waals surface area contributed by atoms with Crippen molar-refractivity contribution in [1.29, 1.82) is 5.26 Å². The lowest BCUT2D eigenvalue weighted by atomic mass is 9.90. The minimum Gasteiger partial charge on any atom is -0.353 e. The lowest BCUT2D eigenvalue weighted by Crippen LogP contribution is -2.68. The summed E-state index contributed by atoms with van der Waals surface area (Å²) in [5.41, 5.74) is 0.253. The quantitative estimate of drug-likeness (QED) is 0.764. The van der Waals surface area contributed by atoms with Gasteiger partial charge < -0.3 is 9.80 Å². The number of carbonyl (C=O) groups is 1. The van der Waals surface area contributed by atoms with Crippen molar-refractivity contribution in [3.05, 3.63) is 17.8 Å². The maximum absolute atomic E-state index is 13.2. The Morgan fingerprint density at radius 2 is 2.08 bits per heavy atom. The molecule has 24 heavy (non-hydrogen) atoms. The summed E-state index contributed by atoms with van der Waals surface area (Å²) in [6.07, 6.45) is 0.715. The summed E-state index contributed by atoms with van der Waals surface area (Å²) in [4.78, 5) is 19.3. The van der Waals surface area contributed by atoms with Crippen LogP contribution in [0, 0.1) is 18.3 Å². The van der Waals surface area contributed by atoms with E-state index >= 15 is 0 Å². The molecule has 1 atom stereocenters. The van der Waals surface area contributed by atoms with Crippen LogP contribution in [0.1, 0.15) is 26.0 Å². The van der Waals surface area contributed by atoms with E-state index < -0.39 is 5.54 Å². The first-order valence-electron chi connectivity index (χ1n) is 8.46. The molecule has 0 bridgehead atoms. The van der Waals surface area contributed by atoms with Crippen LogP contribution in [0.25, 0.3) is 0 Å². The van der Waals surface area contributed by atoms with E-state index in [1.54, 1.807) is 0 Å². The van der Waals surface area contributed by atoms with Crippen LogP contribution >= 0.6 is 0 Å². The van der Waals surface area contributed by atoms with Gasteiger partial charge in [-0.05, 0) is 39.3 Å². The van der Waals surface area contributed by atoms with Gasteiger partial charge in [-0.25, -0.2) is 0 Å². The van der Waals surface area contributed by atoms with Gasteiger partial charge in [0.25, 0.3) is 0 Å². The molecule has 1 aromatic heterocycles. The second-order valence-corrected chi connectivity index (χ2v) is 6.91. The van der Waals surface area contributed by atoms with E-state index in [-0.39, 0.29) is 18.5 Å². The van der Waals surface area contributed by atoms with Gasteiger partial charge in [-0.3, -0.25) is 9.69 Å². The number of carbonyl (C=O) groups excluding carboxylic acids is 1. The Hall–Kier alpha value is -2.20. The highest BCUT2D eigenvalue weighted by Gasteiger charge is 2.53. The Labute approximate surface area is 142 Å². The summed E-state index contributed by atoms with van der Waals surface area (Å²) in [6.45, 7) is 9.02. The van der Waals surface area contributed by atoms with E-state index in [1.807, 2.05) is 37.8 Å². The molecule has 0 saturated carbocycles. The van der Waals surface area contributed by atoms with Crippen LogP contribution in [-0.4, -0.2) is 70.2 Å². The van der Waals surface area contributed by atoms with Gasteiger partial charge >= 0.3 is 0 Å². The summed E-state index contributed by atoms with van der Waals surface area (Å²) >= 11 is 0. The molecule has 1 aromatic rings. The fourth-order valence-electron chi connectivity index (χ4n) is 3.74. The zero-order valence-electron chi connectivity index (χ0n) is 14.6. The topological polar surface area (TPSA) is 76.4 Å². The van der Waals surface area contributed by atoms with Gasteiger partial charge in [-0.15, -0.1) is 5.10 Å². The highest BCUT2D eigenvalue weighted by molar-refractivity contribution is 5.89. The molecular formula is C17H24N6O. The van der Waals surface area contributed by atoms with Crippen molar-refractivity contribution in [2.24, 2.45) is 0 Å². The SMILES string of the molecule is Cc1ccc(N2CCC3(C2)C(=O)N(C(C)C)CCN3CC#N)nn1. The fourth-order valence-corrected chi connectivity index (χ4v) is 3.74. The van der Waals surface area contributed by atoms with Crippen molar-refractivity contribution in [3.63, 3.8) is 0 Å². The number of aryl methyl sites for hydroxylation is 1. The molecular weight excluding hydrogens is 304 g/mol. The largest absolute Gasteiger partial charge is 0.353 e. The van der Waals surface area contributed by atoms with Crippen LogP contribution in [-0.2, 0) is 4.79 Å². The molecule has 0 aliphatic carbocycles. The van der Waals surface area contributed by atoms with Crippen LogP contribution in [0.5, 0.6) is 0 Å². The number of aromatic nitrogens is 2. The minimum atomic E-state index is -0.620. The predicted octanol–water partition coefficient (Wildman–Crippen LogP) is 0.810. The maximum Gasteiger partial charge on any atom is 0.245 e. The summed E-state index contributed by atoms with van der Waals surface area (Å²) in [5, 5.41) is 17.6. The van der Waals surface area contributed by atoms with Crippen LogP contribution in [0.3, 0.4) is 0 Å². The molecule has 2 aliphatic heterocycles. The number of anilines is 1. The Balaban J connectivity index is 1.88. The van der Waals surface area contributed by atoms with E-state index in [0.29, 0.717) is 19.5 Å². The van der Waals surface area contributed by atoms with Crippen LogP contribution in [0.2, 0.25) is 0 Å². The highest BCUT2D eigenvalue weighted by atomic mass is 16.2. The molecule has 7 nitrogen and oxygen atoms in total. The lowest BCUT2D eigenvalue weighted by molar-refractivity contribution is -0.151. The van der Waals surface area contributed by atoms with E-state index in [4.69, 9.17) is 0 Å². The Kier molecular flexibility index (Phi) is 4.41. The number of nitrogens with zero attached hydrogens (tertiary/aromatic N) is 6. The van der Waals surface area contributed by atoms with E-state index in [0.717, 1.165) is 24.6 Å². The number of piperazine rings is 1. The second kappa shape index (κ2) is 6.36. The summed E-state index contributed by atoms with van der Waals surface area (Å²) in [7, 11) is 0. The first kappa shape index (κ1) is 16.7. The van der Waals surface area contributed by atoms with E-state index in [9.17, 15) is 10.1 Å². The molecule has 3 heterocycles. The predicted molar refractivity (Wildman–Crippen MR) is 90.4 cm³/mol. The summed E-state index contributed by atoms with van der Waals surface area (Å²) in [6, 6.07) is 6.28. The van der Waals surface area contributed by atoms with E-state index in [2.05, 4.69) is 26.1 Å². The smallest absolute Gasteiger partial charge is 0.245 e. The first-order valence-corrected chi connectivity index (χ1v) is 8.46. The van der Waals surface area contributed by atoms with Gasteiger partial charge in [0.05, 0.1) is 18.3 Å². The van der Waals surface area contributed by atoms with Gasteiger partial charge in [0, 0.05) is 32.2 Å². The van der Waals surface area contributed by atoms with Gasteiger partial charge in [-0.2, -0.15) is 10.4 Å². The number of hydrogen-bond donors (Lipinski definition) is 0. The zero-order valence-corrected chi connectivity index (χ0v) is 14.6. The first-order chi connectivity index (χ1) is 11.5. The molecule has 2 saturated heterocycles. The average molecular weight is 328 g/mol. The van der Waals surface area contributed by atoms with Crippen LogP contribution in [0.15, 0.2) is 12.1 Å². The van der Waals surface area contributed by atoms with Gasteiger partial charge in [0.1, 0.15) is 5.54 Å². The molecule has 7 heteroatoms. The highest BCUT2D eigenvalue weighted by Crippen LogP contribution is 2.35. The molecule has 128 valence electrons. The number of amides is 1. The fraction of sp³-hybridized carbons (Fsp3) is 0.647. The van der Waals surface area contributed by atoms with Gasteiger partial charge in [0.2, 0.25) is 5.91 Å². The minimum absolute atomic E-state index is 0.140. The normalized spacial score (nSPS) is 24.9. The molecule has 2 aliphatic rings. The van der Waals surface area contributed by atoms with Crippen LogP contribution in [0.4, 0.5) is 5.82 Å². The van der Waals surface area contributed by atoms with Crippen molar-refractivity contribution in [2.75, 3.05) is 37.6 Å². The summed E-state index contributed by atoms with van der Waals surface area (Å²) in [5.74, 6) is 0.936. The van der Waals surface area contributed by atoms with Crippen molar-refractivity contribution in [1.82, 2.24) is 20.0 Å². The third-order valence-electron chi connectivity index (χ3n) is 5.12. The van der Waals surface area contributed by atoms with Crippen molar-refractivity contribution >= 4 is 11.7 Å². The van der Waals surface area contributed by atoms with Crippen LogP contribution < -0.4 is 4.90 Å². The summed E-state index contributed by atoms with van der Waals surface area (Å²) < 4.78 is 0. The molecule has 3 rings (SSSR count). The number of nitriles is 1. The Morgan fingerprint density at radius 3 is 2.71 bits per heavy atom. The maximum atomic E-state index is 13.2. The Bertz CT molecular complexity index is 652. The number of rotatable bonds is 3. The molecule has 0 aromatic carbocycles. The monoisotopic (exact) mass is 328 g/mol. The van der Waals surface area contributed by atoms with Gasteiger partial charge in [0.15, 0.2) is 5.82 Å². The van der Waals surface area contributed by atoms with Gasteiger partial charge in [-0.1, -0.05) is 0 Å². The molecule has 0 radical (unpaired) electrons. The third kappa shape index (κ3) is 2.71. The lowest BCUT2D eigenvalue weighted by Gasteiger charge is -2.48. The van der Waals surface area contributed by atoms with Crippen molar-refractivity contribution < 1.29 is 4.79 Å². The van der Waals surface area contributed by atoms with Crippen molar-refractivity contribution in [3.8, 4) is 6.07 Å². The second-order valence-electron chi connectivity index (χ2n) is 6.91. The molecule has 1 spiro atoms. The van der Waals surface area contributed by atoms with E-state index in [1.165, 1.54) is 0 Å². The molecule has 0 N–H and O–H groups in total. The number of hydrogen-bond acceptors (Lipinski definition) is 6. The third-order valence-corrected chi connectivity index (χ3v) is 5.12. The molecule has 1 unspecified atom stereocenters. The molecule has 2 fully saturated rings. The van der Waals surface area contributed by atoms with Crippen molar-refractivity contribution in [2.45, 2.75) is 38.8 Å². The zero-order chi connectivity index (χ0) is 17.3. The standard InChI is InChI=1S/C17H24N6O/c1-13(2)23-11-10-22(9-7-18)17(16(23)24)6-8-21(12-17)15-5-4-14(3)19-20-15/h4-5,13H,6,8-12H2,1-3H3. The Morgan fingerprint density at radius 1 is 1.29 bits per heavy atom. The molecule has 1 amide bonds. The average Bonchev–Trinajstić information content (AvgIpc) is 2.99.